The molecule has 0 fully saturated rings. The second-order valence-electron chi connectivity index (χ2n) is 4.61. The summed E-state index contributed by atoms with van der Waals surface area (Å²) in [7, 11) is 1.94. The smallest absolute Gasteiger partial charge is 0.114 e. The molecule has 1 aromatic heterocycles. The molecule has 0 bridgehead atoms. The van der Waals surface area contributed by atoms with Crippen LogP contribution in [-0.4, -0.2) is 14.9 Å². The molecule has 3 nitrogen and oxygen atoms in total. The number of hydrogen-bond donors (Lipinski definition) is 1. The van der Waals surface area contributed by atoms with Crippen molar-refractivity contribution in [1.82, 2.24) is 9.78 Å². The molecule has 1 heterocycles. The van der Waals surface area contributed by atoms with Crippen LogP contribution in [0.2, 0.25) is 0 Å². The standard InChI is InChI=1S/C13H18N2O/c1-8-7-15(4)14-13(8)11-5-6-12(16)10(3)9(11)2/h5-7,9,11,16H,1-4H3. The van der Waals surface area contributed by atoms with Crippen LogP contribution >= 0.6 is 0 Å². The fourth-order valence-corrected chi connectivity index (χ4v) is 2.28. The lowest BCUT2D eigenvalue weighted by molar-refractivity contribution is 0.401. The second kappa shape index (κ2) is 3.81. The molecular weight excluding hydrogens is 200 g/mol. The number of aryl methyl sites for hydroxylation is 2. The maximum absolute atomic E-state index is 9.65. The zero-order valence-corrected chi connectivity index (χ0v) is 10.2. The minimum absolute atomic E-state index is 0.275. The predicted molar refractivity (Wildman–Crippen MR) is 64.3 cm³/mol. The van der Waals surface area contributed by atoms with Crippen LogP contribution in [0.25, 0.3) is 0 Å². The molecule has 0 aromatic carbocycles. The Bertz CT molecular complexity index is 468. The summed E-state index contributed by atoms with van der Waals surface area (Å²) in [5.74, 6) is 0.980. The number of nitrogens with zero attached hydrogens (tertiary/aromatic N) is 2. The fraction of sp³-hybridized carbons (Fsp3) is 0.462. The molecule has 2 unspecified atom stereocenters. The summed E-state index contributed by atoms with van der Waals surface area (Å²) < 4.78 is 1.85. The molecule has 16 heavy (non-hydrogen) atoms. The van der Waals surface area contributed by atoms with Gasteiger partial charge in [-0.2, -0.15) is 5.10 Å². The Labute approximate surface area is 96.1 Å². The zero-order chi connectivity index (χ0) is 11.9. The van der Waals surface area contributed by atoms with Crippen LogP contribution in [0.1, 0.15) is 31.0 Å². The van der Waals surface area contributed by atoms with Gasteiger partial charge in [-0.05, 0) is 37.0 Å². The van der Waals surface area contributed by atoms with E-state index in [1.54, 1.807) is 6.08 Å². The Morgan fingerprint density at radius 3 is 2.62 bits per heavy atom. The summed E-state index contributed by atoms with van der Waals surface area (Å²) in [5, 5.41) is 14.2. The van der Waals surface area contributed by atoms with E-state index in [-0.39, 0.29) is 5.92 Å². The third kappa shape index (κ3) is 1.66. The molecule has 0 amide bonds. The SMILES string of the molecule is CC1=C(O)C=CC(c2nn(C)cc2C)C1C. The topological polar surface area (TPSA) is 38.1 Å². The summed E-state index contributed by atoms with van der Waals surface area (Å²) in [4.78, 5) is 0. The van der Waals surface area contributed by atoms with Gasteiger partial charge in [0.05, 0.1) is 5.69 Å². The molecule has 1 aliphatic carbocycles. The predicted octanol–water partition coefficient (Wildman–Crippen LogP) is 2.85. The second-order valence-corrected chi connectivity index (χ2v) is 4.61. The van der Waals surface area contributed by atoms with E-state index in [0.29, 0.717) is 11.7 Å². The van der Waals surface area contributed by atoms with Crippen LogP contribution in [0.15, 0.2) is 29.7 Å². The van der Waals surface area contributed by atoms with Gasteiger partial charge in [-0.15, -0.1) is 0 Å². The van der Waals surface area contributed by atoms with Crippen molar-refractivity contribution in [1.29, 1.82) is 0 Å². The van der Waals surface area contributed by atoms with Crippen molar-refractivity contribution in [3.8, 4) is 0 Å². The van der Waals surface area contributed by atoms with Crippen molar-refractivity contribution in [2.24, 2.45) is 13.0 Å². The molecule has 0 radical (unpaired) electrons. The van der Waals surface area contributed by atoms with Crippen LogP contribution in [0, 0.1) is 12.8 Å². The highest BCUT2D eigenvalue weighted by Gasteiger charge is 2.26. The van der Waals surface area contributed by atoms with Crippen LogP contribution in [0.4, 0.5) is 0 Å². The Balaban J connectivity index is 2.38. The highest BCUT2D eigenvalue weighted by molar-refractivity contribution is 5.35. The molecule has 1 N–H and O–H groups in total. The molecule has 1 aliphatic rings. The van der Waals surface area contributed by atoms with E-state index in [4.69, 9.17) is 0 Å². The molecule has 2 atom stereocenters. The van der Waals surface area contributed by atoms with Crippen LogP contribution in [0.5, 0.6) is 0 Å². The van der Waals surface area contributed by atoms with Crippen molar-refractivity contribution < 1.29 is 5.11 Å². The number of hydrogen-bond acceptors (Lipinski definition) is 2. The minimum atomic E-state index is 0.275. The van der Waals surface area contributed by atoms with Gasteiger partial charge in [0.2, 0.25) is 0 Å². The summed E-state index contributed by atoms with van der Waals surface area (Å²) in [6.45, 7) is 6.19. The minimum Gasteiger partial charge on any atom is -0.508 e. The lowest BCUT2D eigenvalue weighted by atomic mass is 9.81. The van der Waals surface area contributed by atoms with Gasteiger partial charge in [0.25, 0.3) is 0 Å². The number of aliphatic hydroxyl groups is 1. The van der Waals surface area contributed by atoms with E-state index < -0.39 is 0 Å². The van der Waals surface area contributed by atoms with Crippen molar-refractivity contribution in [2.45, 2.75) is 26.7 Å². The van der Waals surface area contributed by atoms with Gasteiger partial charge >= 0.3 is 0 Å². The first-order valence-corrected chi connectivity index (χ1v) is 5.58. The van der Waals surface area contributed by atoms with Gasteiger partial charge in [0.1, 0.15) is 5.76 Å². The van der Waals surface area contributed by atoms with Gasteiger partial charge < -0.3 is 5.11 Å². The third-order valence-electron chi connectivity index (χ3n) is 3.45. The summed E-state index contributed by atoms with van der Waals surface area (Å²) in [6, 6.07) is 0. The lowest BCUT2D eigenvalue weighted by Gasteiger charge is -2.24. The molecule has 3 heteroatoms. The average molecular weight is 218 g/mol. The van der Waals surface area contributed by atoms with E-state index >= 15 is 0 Å². The number of aliphatic hydroxyl groups excluding tert-OH is 1. The Morgan fingerprint density at radius 2 is 2.06 bits per heavy atom. The van der Waals surface area contributed by atoms with E-state index in [0.717, 1.165) is 11.3 Å². The van der Waals surface area contributed by atoms with Crippen molar-refractivity contribution in [3.05, 3.63) is 40.9 Å². The first-order chi connectivity index (χ1) is 7.50. The molecule has 0 spiro atoms. The summed E-state index contributed by atoms with van der Waals surface area (Å²) >= 11 is 0. The Hall–Kier alpha value is -1.51. The van der Waals surface area contributed by atoms with E-state index in [9.17, 15) is 5.11 Å². The fourth-order valence-electron chi connectivity index (χ4n) is 2.28. The quantitative estimate of drug-likeness (QED) is 0.787. The van der Waals surface area contributed by atoms with Gasteiger partial charge in [-0.1, -0.05) is 13.0 Å². The molecule has 0 aliphatic heterocycles. The van der Waals surface area contributed by atoms with Crippen molar-refractivity contribution >= 4 is 0 Å². The summed E-state index contributed by atoms with van der Waals surface area (Å²) in [6.07, 6.45) is 5.86. The number of aromatic nitrogens is 2. The van der Waals surface area contributed by atoms with Gasteiger partial charge in [0, 0.05) is 19.2 Å². The van der Waals surface area contributed by atoms with E-state index in [2.05, 4.69) is 18.9 Å². The Kier molecular flexibility index (Phi) is 2.62. The maximum atomic E-state index is 9.65. The lowest BCUT2D eigenvalue weighted by Crippen LogP contribution is -2.15. The molecule has 0 saturated carbocycles. The highest BCUT2D eigenvalue weighted by Crippen LogP contribution is 2.36. The largest absolute Gasteiger partial charge is 0.508 e. The van der Waals surface area contributed by atoms with E-state index in [1.165, 1.54) is 5.56 Å². The van der Waals surface area contributed by atoms with Crippen molar-refractivity contribution in [2.75, 3.05) is 0 Å². The van der Waals surface area contributed by atoms with Crippen LogP contribution in [0.3, 0.4) is 0 Å². The molecular formula is C13H18N2O. The normalized spacial score (nSPS) is 25.2. The van der Waals surface area contributed by atoms with Crippen molar-refractivity contribution in [3.63, 3.8) is 0 Å². The monoisotopic (exact) mass is 218 g/mol. The average Bonchev–Trinajstić information content (AvgIpc) is 2.55. The first-order valence-electron chi connectivity index (χ1n) is 5.58. The third-order valence-corrected chi connectivity index (χ3v) is 3.45. The molecule has 1 aromatic rings. The number of rotatable bonds is 1. The van der Waals surface area contributed by atoms with Crippen LogP contribution < -0.4 is 0 Å². The number of allylic oxidation sites excluding steroid dienone is 3. The van der Waals surface area contributed by atoms with Gasteiger partial charge in [-0.25, -0.2) is 0 Å². The molecule has 0 saturated heterocycles. The van der Waals surface area contributed by atoms with E-state index in [1.807, 2.05) is 30.9 Å². The van der Waals surface area contributed by atoms with Gasteiger partial charge in [-0.3, -0.25) is 4.68 Å². The Morgan fingerprint density at radius 1 is 1.38 bits per heavy atom. The van der Waals surface area contributed by atoms with Crippen LogP contribution in [-0.2, 0) is 7.05 Å². The zero-order valence-electron chi connectivity index (χ0n) is 10.2. The summed E-state index contributed by atoms with van der Waals surface area (Å²) in [5.41, 5.74) is 3.36. The first kappa shape index (κ1) is 11.0. The molecule has 2 rings (SSSR count). The molecule has 86 valence electrons. The van der Waals surface area contributed by atoms with Gasteiger partial charge in [0.15, 0.2) is 0 Å². The highest BCUT2D eigenvalue weighted by atomic mass is 16.3. The maximum Gasteiger partial charge on any atom is 0.114 e.